The second-order valence-electron chi connectivity index (χ2n) is 10.0. The van der Waals surface area contributed by atoms with E-state index in [9.17, 15) is 0 Å². The fraction of sp³-hybridized carbons (Fsp3) is 1.00. The van der Waals surface area contributed by atoms with Crippen molar-refractivity contribution in [3.63, 3.8) is 0 Å². The lowest BCUT2D eigenvalue weighted by Crippen LogP contribution is -2.67. The van der Waals surface area contributed by atoms with Crippen LogP contribution < -0.4 is 0 Å². The molecule has 19 nitrogen and oxygen atoms in total. The molecule has 19 heteroatoms. The second kappa shape index (κ2) is 26.1. The highest BCUT2D eigenvalue weighted by atomic mass is 16.8. The lowest BCUT2D eigenvalue weighted by molar-refractivity contribution is -0.390. The van der Waals surface area contributed by atoms with Crippen LogP contribution in [0.3, 0.4) is 0 Å². The minimum atomic E-state index is -1.16. The van der Waals surface area contributed by atoms with E-state index in [1.54, 1.807) is 0 Å². The highest BCUT2D eigenvalue weighted by Crippen LogP contribution is 2.35. The van der Waals surface area contributed by atoms with Crippen molar-refractivity contribution >= 4 is 0 Å². The number of hydrogen-bond donors (Lipinski definition) is 0. The van der Waals surface area contributed by atoms with Crippen LogP contribution in [0.25, 0.3) is 0 Å². The Bertz CT molecular complexity index is 740. The maximum atomic E-state index is 6.73. The maximum absolute atomic E-state index is 6.73. The first-order valence-electron chi connectivity index (χ1n) is 14.8. The lowest BCUT2D eigenvalue weighted by Gasteiger charge is -2.49. The van der Waals surface area contributed by atoms with Gasteiger partial charge in [-0.15, -0.1) is 0 Å². The number of ether oxygens (including phenoxy) is 19. The molecule has 0 bridgehead atoms. The number of methoxy groups -OCH3 is 8. The first-order chi connectivity index (χ1) is 23.0. The van der Waals surface area contributed by atoms with Gasteiger partial charge in [-0.2, -0.15) is 0 Å². The second-order valence-corrected chi connectivity index (χ2v) is 10.0. The molecular formula is C28H54O19. The van der Waals surface area contributed by atoms with Crippen LogP contribution in [-0.4, -0.2) is 186 Å². The summed E-state index contributed by atoms with van der Waals surface area (Å²) in [7, 11) is 11.9. The summed E-state index contributed by atoms with van der Waals surface area (Å²) in [5, 5.41) is 0. The molecule has 0 aromatic heterocycles. The number of hydrogen-bond acceptors (Lipinski definition) is 19. The van der Waals surface area contributed by atoms with Crippen molar-refractivity contribution in [1.29, 1.82) is 0 Å². The molecule has 1 unspecified atom stereocenters. The summed E-state index contributed by atoms with van der Waals surface area (Å²) in [5.74, 6) is 0. The largest absolute Gasteiger partial charge is 0.359 e. The maximum Gasteiger partial charge on any atom is 0.189 e. The van der Waals surface area contributed by atoms with E-state index in [2.05, 4.69) is 0 Å². The molecule has 0 amide bonds. The Morgan fingerprint density at radius 3 is 1.15 bits per heavy atom. The van der Waals surface area contributed by atoms with Crippen LogP contribution in [-0.2, 0) is 90.0 Å². The Labute approximate surface area is 276 Å². The zero-order chi connectivity index (χ0) is 34.3. The molecule has 2 saturated heterocycles. The summed E-state index contributed by atoms with van der Waals surface area (Å²) >= 11 is 0. The van der Waals surface area contributed by atoms with Crippen molar-refractivity contribution in [2.24, 2.45) is 0 Å². The zero-order valence-corrected chi connectivity index (χ0v) is 28.6. The van der Waals surface area contributed by atoms with E-state index >= 15 is 0 Å². The summed E-state index contributed by atoms with van der Waals surface area (Å²) in [4.78, 5) is 0. The molecule has 0 saturated carbocycles. The predicted molar refractivity (Wildman–Crippen MR) is 155 cm³/mol. The quantitative estimate of drug-likeness (QED) is 0.0765. The molecule has 0 N–H and O–H groups in total. The lowest BCUT2D eigenvalue weighted by atomic mass is 9.96. The Morgan fingerprint density at radius 1 is 0.340 bits per heavy atom. The highest BCUT2D eigenvalue weighted by Gasteiger charge is 2.54. The van der Waals surface area contributed by atoms with Gasteiger partial charge in [0.1, 0.15) is 103 Å². The van der Waals surface area contributed by atoms with E-state index in [0.29, 0.717) is 0 Å². The van der Waals surface area contributed by atoms with Gasteiger partial charge >= 0.3 is 0 Å². The third-order valence-corrected chi connectivity index (χ3v) is 6.68. The summed E-state index contributed by atoms with van der Waals surface area (Å²) in [6, 6.07) is 0. The normalized spacial score (nSPS) is 31.4. The van der Waals surface area contributed by atoms with E-state index in [1.165, 1.54) is 56.9 Å². The van der Waals surface area contributed by atoms with Gasteiger partial charge in [0, 0.05) is 56.9 Å². The highest BCUT2D eigenvalue weighted by molar-refractivity contribution is 4.97. The van der Waals surface area contributed by atoms with Gasteiger partial charge in [-0.05, 0) is 0 Å². The third-order valence-electron chi connectivity index (χ3n) is 6.68. The smallest absolute Gasteiger partial charge is 0.189 e. The van der Waals surface area contributed by atoms with Crippen LogP contribution in [0.5, 0.6) is 0 Å². The molecule has 2 fully saturated rings. The monoisotopic (exact) mass is 694 g/mol. The van der Waals surface area contributed by atoms with E-state index in [1.807, 2.05) is 0 Å². The first kappa shape index (κ1) is 42.4. The third kappa shape index (κ3) is 14.2. The van der Waals surface area contributed by atoms with Gasteiger partial charge in [0.15, 0.2) is 12.6 Å². The van der Waals surface area contributed by atoms with Gasteiger partial charge in [-0.3, -0.25) is 0 Å². The van der Waals surface area contributed by atoms with Crippen molar-refractivity contribution in [3.8, 4) is 0 Å². The van der Waals surface area contributed by atoms with Gasteiger partial charge in [0.25, 0.3) is 0 Å². The van der Waals surface area contributed by atoms with Crippen molar-refractivity contribution in [2.75, 3.05) is 124 Å². The minimum Gasteiger partial charge on any atom is -0.359 e. The van der Waals surface area contributed by atoms with Crippen molar-refractivity contribution in [2.45, 2.75) is 61.4 Å². The molecule has 10 atom stereocenters. The van der Waals surface area contributed by atoms with Gasteiger partial charge in [-0.1, -0.05) is 0 Å². The molecule has 2 aliphatic heterocycles. The molecule has 0 aliphatic carbocycles. The fourth-order valence-electron chi connectivity index (χ4n) is 4.88. The Kier molecular flexibility index (Phi) is 23.6. The Morgan fingerprint density at radius 2 is 0.681 bits per heavy atom. The average Bonchev–Trinajstić information content (AvgIpc) is 3.08. The Hall–Kier alpha value is -0.760. The van der Waals surface area contributed by atoms with Crippen molar-refractivity contribution in [1.82, 2.24) is 0 Å². The standard InChI is InChI=1S/C28H54O19/c1-29-11-37-9-19-21(39-13-31-3)23(40-14-32-4)26(43-17-35-7)28(46-19)47-22-20(10-38-12-30-2)45-27(44-18-36-8)25(42-16-34-6)24(22)41-15-33-5/h19-28H,9-18H2,1-8H3/t19-,20-,21-,22-,23+,24+,25-,26-,27?,28-/m1/s1. The molecule has 2 rings (SSSR count). The molecule has 0 aromatic rings. The average molecular weight is 695 g/mol. The van der Waals surface area contributed by atoms with Gasteiger partial charge in [-0.25, -0.2) is 0 Å². The minimum absolute atomic E-state index is 0.000724. The predicted octanol–water partition coefficient (Wildman–Crippen LogP) is -0.372. The molecule has 2 heterocycles. The number of rotatable bonds is 28. The van der Waals surface area contributed by atoms with Gasteiger partial charge in [0.05, 0.1) is 13.2 Å². The molecule has 2 aliphatic rings. The van der Waals surface area contributed by atoms with Crippen LogP contribution in [0.15, 0.2) is 0 Å². The van der Waals surface area contributed by atoms with E-state index in [-0.39, 0.29) is 67.6 Å². The van der Waals surface area contributed by atoms with Crippen LogP contribution in [0.1, 0.15) is 0 Å². The molecule has 0 radical (unpaired) electrons. The van der Waals surface area contributed by atoms with Gasteiger partial charge < -0.3 is 90.0 Å². The van der Waals surface area contributed by atoms with E-state index in [0.717, 1.165) is 0 Å². The van der Waals surface area contributed by atoms with Crippen molar-refractivity contribution < 1.29 is 90.0 Å². The summed E-state index contributed by atoms with van der Waals surface area (Å²) in [6.07, 6.45) is -9.03. The summed E-state index contributed by atoms with van der Waals surface area (Å²) in [6.45, 7) is -0.661. The van der Waals surface area contributed by atoms with Crippen LogP contribution in [0, 0.1) is 0 Å². The Balaban J connectivity index is 2.57. The topological polar surface area (TPSA) is 175 Å². The molecule has 0 spiro atoms. The molecule has 47 heavy (non-hydrogen) atoms. The van der Waals surface area contributed by atoms with Crippen LogP contribution >= 0.6 is 0 Å². The van der Waals surface area contributed by atoms with Crippen molar-refractivity contribution in [3.05, 3.63) is 0 Å². The SMILES string of the molecule is COCOC[C@H]1O[C@H](O[C@H]2[C@H](OCOC)[C@@H](OCOC)C(OCOC)O[C@@H]2COCOC)[C@H](OCOC)[C@@H](OCOC)[C@@H]1OCOC. The summed E-state index contributed by atoms with van der Waals surface area (Å²) in [5.41, 5.74) is 0. The molecular weight excluding hydrogens is 640 g/mol. The van der Waals surface area contributed by atoms with Crippen LogP contribution in [0.2, 0.25) is 0 Å². The van der Waals surface area contributed by atoms with Gasteiger partial charge in [0.2, 0.25) is 0 Å². The molecule has 0 aromatic carbocycles. The van der Waals surface area contributed by atoms with E-state index in [4.69, 9.17) is 90.0 Å². The van der Waals surface area contributed by atoms with Crippen LogP contribution in [0.4, 0.5) is 0 Å². The first-order valence-corrected chi connectivity index (χ1v) is 14.8. The van der Waals surface area contributed by atoms with E-state index < -0.39 is 61.4 Å². The molecule has 280 valence electrons. The fourth-order valence-corrected chi connectivity index (χ4v) is 4.88. The zero-order valence-electron chi connectivity index (χ0n) is 28.6. The summed E-state index contributed by atoms with van der Waals surface area (Å²) < 4.78 is 109.